The van der Waals surface area contributed by atoms with Gasteiger partial charge in [0.15, 0.2) is 0 Å². The molecule has 0 fully saturated rings. The Morgan fingerprint density at radius 3 is 2.45 bits per heavy atom. The summed E-state index contributed by atoms with van der Waals surface area (Å²) >= 11 is 5.79. The number of aryl methyl sites for hydroxylation is 1. The third-order valence-corrected chi connectivity index (χ3v) is 3.01. The number of benzene rings is 2. The van der Waals surface area contributed by atoms with Crippen LogP contribution in [-0.2, 0) is 11.2 Å². The maximum atomic E-state index is 11.7. The molecule has 0 heterocycles. The van der Waals surface area contributed by atoms with Crippen LogP contribution in [0.25, 0.3) is 0 Å². The Morgan fingerprint density at radius 1 is 1.15 bits per heavy atom. The van der Waals surface area contributed by atoms with Gasteiger partial charge in [-0.1, -0.05) is 53.6 Å². The van der Waals surface area contributed by atoms with Gasteiger partial charge in [0.05, 0.1) is 12.6 Å². The van der Waals surface area contributed by atoms with Gasteiger partial charge in [-0.3, -0.25) is 4.79 Å². The first kappa shape index (κ1) is 14.3. The highest BCUT2D eigenvalue weighted by Crippen LogP contribution is 2.09. The van der Waals surface area contributed by atoms with Gasteiger partial charge in [0.2, 0.25) is 5.91 Å². The summed E-state index contributed by atoms with van der Waals surface area (Å²) in [6, 6.07) is 15.1. The maximum Gasteiger partial charge on any atom is 0.244 e. The van der Waals surface area contributed by atoms with Gasteiger partial charge in [-0.2, -0.15) is 5.10 Å². The summed E-state index contributed by atoms with van der Waals surface area (Å²) in [5, 5.41) is 4.59. The van der Waals surface area contributed by atoms with E-state index >= 15 is 0 Å². The van der Waals surface area contributed by atoms with Crippen molar-refractivity contribution < 1.29 is 4.79 Å². The highest BCUT2D eigenvalue weighted by atomic mass is 35.5. The molecule has 0 aliphatic heterocycles. The lowest BCUT2D eigenvalue weighted by atomic mass is 10.1. The molecular weight excluding hydrogens is 272 g/mol. The molecule has 0 aliphatic carbocycles. The van der Waals surface area contributed by atoms with Gasteiger partial charge in [0, 0.05) is 5.02 Å². The predicted molar refractivity (Wildman–Crippen MR) is 82.1 cm³/mol. The molecule has 3 nitrogen and oxygen atoms in total. The zero-order chi connectivity index (χ0) is 14.4. The van der Waals surface area contributed by atoms with Crippen molar-refractivity contribution in [2.75, 3.05) is 0 Å². The molecular formula is C16H15ClN2O. The molecule has 1 amide bonds. The molecule has 0 bridgehead atoms. The van der Waals surface area contributed by atoms with E-state index in [1.54, 1.807) is 18.3 Å². The second-order valence-corrected chi connectivity index (χ2v) is 4.94. The van der Waals surface area contributed by atoms with Crippen molar-refractivity contribution in [2.24, 2.45) is 5.10 Å². The number of hydrazone groups is 1. The van der Waals surface area contributed by atoms with Crippen LogP contribution in [0.2, 0.25) is 5.02 Å². The number of nitrogens with zero attached hydrogens (tertiary/aromatic N) is 1. The molecule has 20 heavy (non-hydrogen) atoms. The van der Waals surface area contributed by atoms with Gasteiger partial charge in [0.1, 0.15) is 0 Å². The normalized spacial score (nSPS) is 10.7. The third kappa shape index (κ3) is 4.52. The lowest BCUT2D eigenvalue weighted by Crippen LogP contribution is -2.19. The lowest BCUT2D eigenvalue weighted by Gasteiger charge is -2.00. The summed E-state index contributed by atoms with van der Waals surface area (Å²) in [6.07, 6.45) is 1.90. The summed E-state index contributed by atoms with van der Waals surface area (Å²) in [7, 11) is 0. The molecule has 4 heteroatoms. The maximum absolute atomic E-state index is 11.7. The van der Waals surface area contributed by atoms with E-state index in [0.717, 1.165) is 11.1 Å². The average molecular weight is 287 g/mol. The number of carbonyl (C=O) groups is 1. The lowest BCUT2D eigenvalue weighted by molar-refractivity contribution is -0.120. The summed E-state index contributed by atoms with van der Waals surface area (Å²) in [4.78, 5) is 11.7. The van der Waals surface area contributed by atoms with Crippen LogP contribution in [0.5, 0.6) is 0 Å². The Balaban J connectivity index is 1.85. The smallest absolute Gasteiger partial charge is 0.244 e. The minimum Gasteiger partial charge on any atom is -0.273 e. The number of hydrogen-bond acceptors (Lipinski definition) is 2. The zero-order valence-corrected chi connectivity index (χ0v) is 11.9. The van der Waals surface area contributed by atoms with Crippen LogP contribution in [0.15, 0.2) is 53.6 Å². The molecule has 0 aliphatic rings. The van der Waals surface area contributed by atoms with Crippen molar-refractivity contribution >= 4 is 23.7 Å². The molecule has 1 N–H and O–H groups in total. The van der Waals surface area contributed by atoms with Crippen LogP contribution in [0.3, 0.4) is 0 Å². The van der Waals surface area contributed by atoms with E-state index in [9.17, 15) is 4.79 Å². The summed E-state index contributed by atoms with van der Waals surface area (Å²) in [5.74, 6) is -0.157. The third-order valence-electron chi connectivity index (χ3n) is 2.76. The number of amides is 1. The fourth-order valence-corrected chi connectivity index (χ4v) is 1.78. The van der Waals surface area contributed by atoms with Crippen LogP contribution < -0.4 is 5.43 Å². The number of rotatable bonds is 4. The number of hydrogen-bond donors (Lipinski definition) is 1. The van der Waals surface area contributed by atoms with Crippen molar-refractivity contribution in [2.45, 2.75) is 13.3 Å². The van der Waals surface area contributed by atoms with Crippen LogP contribution in [0, 0.1) is 6.92 Å². The second kappa shape index (κ2) is 6.87. The Bertz CT molecular complexity index is 603. The standard InChI is InChI=1S/C16H15ClN2O/c1-12-2-4-14(5-3-12)11-18-19-16(20)10-13-6-8-15(17)9-7-13/h2-9,11H,10H2,1H3,(H,19,20). The Labute approximate surface area is 123 Å². The molecule has 2 aromatic rings. The predicted octanol–water partition coefficient (Wildman–Crippen LogP) is 3.34. The minimum absolute atomic E-state index is 0.157. The summed E-state index contributed by atoms with van der Waals surface area (Å²) in [5.41, 5.74) is 5.54. The van der Waals surface area contributed by atoms with Crippen LogP contribution >= 0.6 is 11.6 Å². The Hall–Kier alpha value is -2.13. The van der Waals surface area contributed by atoms with Crippen molar-refractivity contribution in [3.05, 3.63) is 70.2 Å². The van der Waals surface area contributed by atoms with Gasteiger partial charge < -0.3 is 0 Å². The SMILES string of the molecule is Cc1ccc(C=NNC(=O)Cc2ccc(Cl)cc2)cc1. The first-order valence-electron chi connectivity index (χ1n) is 6.26. The van der Waals surface area contributed by atoms with Crippen molar-refractivity contribution in [3.63, 3.8) is 0 Å². The molecule has 0 unspecified atom stereocenters. The molecule has 0 radical (unpaired) electrons. The van der Waals surface area contributed by atoms with Crippen molar-refractivity contribution in [1.82, 2.24) is 5.43 Å². The monoisotopic (exact) mass is 286 g/mol. The largest absolute Gasteiger partial charge is 0.273 e. The van der Waals surface area contributed by atoms with E-state index in [-0.39, 0.29) is 12.3 Å². The van der Waals surface area contributed by atoms with Crippen LogP contribution in [-0.4, -0.2) is 12.1 Å². The zero-order valence-electron chi connectivity index (χ0n) is 11.1. The average Bonchev–Trinajstić information content (AvgIpc) is 2.44. The van der Waals surface area contributed by atoms with Crippen LogP contribution in [0.1, 0.15) is 16.7 Å². The van der Waals surface area contributed by atoms with E-state index in [0.29, 0.717) is 5.02 Å². The van der Waals surface area contributed by atoms with Gasteiger partial charge in [-0.05, 0) is 30.2 Å². The number of halogens is 1. The van der Waals surface area contributed by atoms with Crippen molar-refractivity contribution in [3.8, 4) is 0 Å². The van der Waals surface area contributed by atoms with Crippen molar-refractivity contribution in [1.29, 1.82) is 0 Å². The van der Waals surface area contributed by atoms with Gasteiger partial charge in [-0.15, -0.1) is 0 Å². The second-order valence-electron chi connectivity index (χ2n) is 4.51. The van der Waals surface area contributed by atoms with Crippen LogP contribution in [0.4, 0.5) is 0 Å². The molecule has 0 saturated carbocycles. The highest BCUT2D eigenvalue weighted by molar-refractivity contribution is 6.30. The number of carbonyl (C=O) groups excluding carboxylic acids is 1. The fourth-order valence-electron chi connectivity index (χ4n) is 1.66. The molecule has 0 saturated heterocycles. The van der Waals surface area contributed by atoms with Gasteiger partial charge in [-0.25, -0.2) is 5.43 Å². The minimum atomic E-state index is -0.157. The van der Waals surface area contributed by atoms with E-state index in [4.69, 9.17) is 11.6 Å². The quantitative estimate of drug-likeness (QED) is 0.680. The van der Waals surface area contributed by atoms with E-state index in [2.05, 4.69) is 10.5 Å². The molecule has 2 aromatic carbocycles. The van der Waals surface area contributed by atoms with E-state index in [1.807, 2.05) is 43.3 Å². The molecule has 0 atom stereocenters. The van der Waals surface area contributed by atoms with E-state index in [1.165, 1.54) is 5.56 Å². The molecule has 102 valence electrons. The molecule has 0 spiro atoms. The Morgan fingerprint density at radius 2 is 1.80 bits per heavy atom. The summed E-state index contributed by atoms with van der Waals surface area (Å²) in [6.45, 7) is 2.02. The first-order chi connectivity index (χ1) is 9.63. The first-order valence-corrected chi connectivity index (χ1v) is 6.64. The topological polar surface area (TPSA) is 41.5 Å². The highest BCUT2D eigenvalue weighted by Gasteiger charge is 2.01. The number of nitrogens with one attached hydrogen (secondary N) is 1. The molecule has 0 aromatic heterocycles. The van der Waals surface area contributed by atoms with Gasteiger partial charge in [0.25, 0.3) is 0 Å². The fraction of sp³-hybridized carbons (Fsp3) is 0.125. The Kier molecular flexibility index (Phi) is 4.91. The van der Waals surface area contributed by atoms with E-state index < -0.39 is 0 Å². The summed E-state index contributed by atoms with van der Waals surface area (Å²) < 4.78 is 0. The molecule has 2 rings (SSSR count). The van der Waals surface area contributed by atoms with Gasteiger partial charge >= 0.3 is 0 Å².